The van der Waals surface area contributed by atoms with E-state index in [-0.39, 0.29) is 17.1 Å². The maximum Gasteiger partial charge on any atom is 0.439 e. The quantitative estimate of drug-likeness (QED) is 0.906. The smallest absolute Gasteiger partial charge is 0.439 e. The zero-order chi connectivity index (χ0) is 18.2. The van der Waals surface area contributed by atoms with Crippen LogP contribution in [0.2, 0.25) is 0 Å². The molecule has 0 unspecified atom stereocenters. The summed E-state index contributed by atoms with van der Waals surface area (Å²) < 4.78 is 46.1. The fourth-order valence-corrected chi connectivity index (χ4v) is 3.38. The molecular weight excluding hydrogens is 337 g/mol. The van der Waals surface area contributed by atoms with Crippen molar-refractivity contribution in [3.05, 3.63) is 29.8 Å². The molecule has 1 heterocycles. The highest BCUT2D eigenvalue weighted by atomic mass is 19.4. The highest BCUT2D eigenvalue weighted by Gasteiger charge is 2.68. The van der Waals surface area contributed by atoms with Crippen LogP contribution in [0.1, 0.15) is 31.2 Å². The number of rotatable bonds is 3. The molecule has 1 aliphatic heterocycles. The third-order valence-corrected chi connectivity index (χ3v) is 4.71. The molecule has 0 saturated heterocycles. The summed E-state index contributed by atoms with van der Waals surface area (Å²) >= 11 is 0. The van der Waals surface area contributed by atoms with Gasteiger partial charge in [0.1, 0.15) is 5.75 Å². The average molecular weight is 356 g/mol. The van der Waals surface area contributed by atoms with Gasteiger partial charge in [0.25, 0.3) is 11.6 Å². The van der Waals surface area contributed by atoms with Crippen LogP contribution < -0.4 is 4.74 Å². The van der Waals surface area contributed by atoms with Crippen molar-refractivity contribution in [1.29, 1.82) is 0 Å². The van der Waals surface area contributed by atoms with E-state index in [0.29, 0.717) is 25.0 Å². The molecule has 136 valence electrons. The van der Waals surface area contributed by atoms with Crippen molar-refractivity contribution in [2.45, 2.75) is 44.5 Å². The van der Waals surface area contributed by atoms with Crippen molar-refractivity contribution in [3.63, 3.8) is 0 Å². The lowest BCUT2D eigenvalue weighted by molar-refractivity contribution is -0.317. The molecule has 8 heteroatoms. The molecule has 5 nitrogen and oxygen atoms in total. The summed E-state index contributed by atoms with van der Waals surface area (Å²) in [5, 5.41) is 14.4. The van der Waals surface area contributed by atoms with Gasteiger partial charge in [0.05, 0.1) is 5.92 Å². The van der Waals surface area contributed by atoms with Gasteiger partial charge in [-0.25, -0.2) is 0 Å². The number of halogens is 3. The van der Waals surface area contributed by atoms with Gasteiger partial charge in [0, 0.05) is 5.71 Å². The van der Waals surface area contributed by atoms with E-state index in [2.05, 4.69) is 5.10 Å². The van der Waals surface area contributed by atoms with Crippen molar-refractivity contribution in [1.82, 2.24) is 5.01 Å². The number of carbonyl (C=O) groups excluding carboxylic acids is 1. The molecule has 1 aromatic rings. The Labute approximate surface area is 143 Å². The molecule has 1 aromatic carbocycles. The van der Waals surface area contributed by atoms with Crippen LogP contribution in [-0.4, -0.2) is 40.2 Å². The predicted molar refractivity (Wildman–Crippen MR) is 83.9 cm³/mol. The molecule has 0 radical (unpaired) electrons. The summed E-state index contributed by atoms with van der Waals surface area (Å²) in [6, 6.07) is 6.86. The molecule has 1 aliphatic carbocycles. The van der Waals surface area contributed by atoms with Gasteiger partial charge >= 0.3 is 6.18 Å². The Morgan fingerprint density at radius 2 is 2.12 bits per heavy atom. The minimum atomic E-state index is -5.00. The predicted octanol–water partition coefficient (Wildman–Crippen LogP) is 3.01. The van der Waals surface area contributed by atoms with Crippen LogP contribution in [0.4, 0.5) is 13.2 Å². The molecule has 1 N–H and O–H groups in total. The maximum absolute atomic E-state index is 13.6. The van der Waals surface area contributed by atoms with Crippen LogP contribution in [0.5, 0.6) is 5.75 Å². The van der Waals surface area contributed by atoms with E-state index in [9.17, 15) is 23.1 Å². The van der Waals surface area contributed by atoms with Gasteiger partial charge in [0.2, 0.25) is 0 Å². The number of amides is 1. The lowest BCUT2D eigenvalue weighted by atomic mass is 9.80. The average Bonchev–Trinajstić information content (AvgIpc) is 2.88. The van der Waals surface area contributed by atoms with Gasteiger partial charge in [-0.2, -0.15) is 23.3 Å². The summed E-state index contributed by atoms with van der Waals surface area (Å²) in [6.07, 6.45) is -3.24. The molecule has 1 fully saturated rings. The number of hydrazone groups is 1. The van der Waals surface area contributed by atoms with Crippen molar-refractivity contribution in [2.75, 3.05) is 6.61 Å². The summed E-state index contributed by atoms with van der Waals surface area (Å²) in [5.41, 5.74) is -2.31. The SMILES string of the molecule is Cc1ccccc1OCC(=O)N1N=C2CCCC[C@H]2[C@]1(O)C(F)(F)F. The molecule has 1 amide bonds. The first kappa shape index (κ1) is 17.7. The highest BCUT2D eigenvalue weighted by molar-refractivity contribution is 5.93. The van der Waals surface area contributed by atoms with E-state index >= 15 is 0 Å². The van der Waals surface area contributed by atoms with Crippen LogP contribution in [0.25, 0.3) is 0 Å². The van der Waals surface area contributed by atoms with Crippen LogP contribution in [0.3, 0.4) is 0 Å². The first-order valence-corrected chi connectivity index (χ1v) is 8.13. The van der Waals surface area contributed by atoms with E-state index in [4.69, 9.17) is 4.74 Å². The largest absolute Gasteiger partial charge is 0.483 e. The topological polar surface area (TPSA) is 62.1 Å². The Bertz CT molecular complexity index is 705. The van der Waals surface area contributed by atoms with Crippen molar-refractivity contribution in [2.24, 2.45) is 11.0 Å². The number of fused-ring (bicyclic) bond motifs is 1. The van der Waals surface area contributed by atoms with E-state index in [0.717, 1.165) is 5.56 Å². The van der Waals surface area contributed by atoms with Crippen LogP contribution in [-0.2, 0) is 4.79 Å². The monoisotopic (exact) mass is 356 g/mol. The molecule has 2 aliphatic rings. The van der Waals surface area contributed by atoms with Crippen molar-refractivity contribution >= 4 is 11.6 Å². The number of aliphatic hydroxyl groups is 1. The number of ether oxygens (including phenoxy) is 1. The Balaban J connectivity index is 1.82. The number of carbonyl (C=O) groups is 1. The van der Waals surface area contributed by atoms with Gasteiger partial charge in [-0.05, 0) is 37.8 Å². The fraction of sp³-hybridized carbons (Fsp3) is 0.529. The number of hydrogen-bond acceptors (Lipinski definition) is 4. The molecule has 3 rings (SSSR count). The summed E-state index contributed by atoms with van der Waals surface area (Å²) in [5.74, 6) is -1.83. The van der Waals surface area contributed by atoms with E-state index in [1.165, 1.54) is 0 Å². The van der Waals surface area contributed by atoms with Crippen LogP contribution in [0.15, 0.2) is 29.4 Å². The Kier molecular flexibility index (Phi) is 4.49. The molecule has 1 saturated carbocycles. The number of para-hydroxylation sites is 1. The second kappa shape index (κ2) is 6.33. The molecular formula is C17H19F3N2O3. The zero-order valence-corrected chi connectivity index (χ0v) is 13.7. The third-order valence-electron chi connectivity index (χ3n) is 4.71. The summed E-state index contributed by atoms with van der Waals surface area (Å²) in [6.45, 7) is 1.13. The Morgan fingerprint density at radius 3 is 2.80 bits per heavy atom. The van der Waals surface area contributed by atoms with Crippen LogP contribution >= 0.6 is 0 Å². The molecule has 0 bridgehead atoms. The standard InChI is InChI=1S/C17H19F3N2O3/c1-11-6-2-5-9-14(11)25-10-15(23)22-16(24,17(18,19)20)12-7-3-4-8-13(12)21-22/h2,5-6,9,12,24H,3-4,7-8,10H2,1H3/t12-,16+/m1/s1. The number of alkyl halides is 3. The number of benzene rings is 1. The third kappa shape index (κ3) is 2.99. The second-order valence-corrected chi connectivity index (χ2v) is 6.37. The van der Waals surface area contributed by atoms with Gasteiger partial charge < -0.3 is 9.84 Å². The molecule has 0 aromatic heterocycles. The molecule has 0 spiro atoms. The first-order valence-electron chi connectivity index (χ1n) is 8.13. The maximum atomic E-state index is 13.6. The number of nitrogens with zero attached hydrogens (tertiary/aromatic N) is 2. The zero-order valence-electron chi connectivity index (χ0n) is 13.7. The molecule has 2 atom stereocenters. The van der Waals surface area contributed by atoms with Gasteiger partial charge in [-0.3, -0.25) is 4.79 Å². The Morgan fingerprint density at radius 1 is 1.40 bits per heavy atom. The lowest BCUT2D eigenvalue weighted by Crippen LogP contribution is -2.62. The minimum Gasteiger partial charge on any atom is -0.483 e. The Hall–Kier alpha value is -2.09. The molecule has 25 heavy (non-hydrogen) atoms. The van der Waals surface area contributed by atoms with E-state index in [1.807, 2.05) is 0 Å². The van der Waals surface area contributed by atoms with Crippen molar-refractivity contribution in [3.8, 4) is 5.75 Å². The van der Waals surface area contributed by atoms with Gasteiger partial charge in [0.15, 0.2) is 6.61 Å². The summed E-state index contributed by atoms with van der Waals surface area (Å²) in [4.78, 5) is 12.4. The van der Waals surface area contributed by atoms with Crippen LogP contribution in [0, 0.1) is 12.8 Å². The van der Waals surface area contributed by atoms with Gasteiger partial charge in [-0.15, -0.1) is 0 Å². The first-order chi connectivity index (χ1) is 11.7. The summed E-state index contributed by atoms with van der Waals surface area (Å²) in [7, 11) is 0. The minimum absolute atomic E-state index is 0.150. The van der Waals surface area contributed by atoms with E-state index < -0.39 is 30.3 Å². The van der Waals surface area contributed by atoms with E-state index in [1.54, 1.807) is 31.2 Å². The normalized spacial score (nSPS) is 26.2. The number of aryl methyl sites for hydroxylation is 1. The lowest BCUT2D eigenvalue weighted by Gasteiger charge is -2.38. The van der Waals surface area contributed by atoms with Crippen molar-refractivity contribution < 1.29 is 27.8 Å². The van der Waals surface area contributed by atoms with Gasteiger partial charge in [-0.1, -0.05) is 24.6 Å². The number of hydrogen-bond donors (Lipinski definition) is 1. The second-order valence-electron chi connectivity index (χ2n) is 6.37. The highest BCUT2D eigenvalue weighted by Crippen LogP contribution is 2.48. The fourth-order valence-electron chi connectivity index (χ4n) is 3.38.